The Balaban J connectivity index is 2.50. The van der Waals surface area contributed by atoms with Crippen LogP contribution >= 0.6 is 0 Å². The molecule has 4 nitrogen and oxygen atoms in total. The molecule has 1 aromatic carbocycles. The highest BCUT2D eigenvalue weighted by Gasteiger charge is 2.30. The van der Waals surface area contributed by atoms with E-state index in [1.807, 2.05) is 12.1 Å². The summed E-state index contributed by atoms with van der Waals surface area (Å²) < 4.78 is 5.13. The molecule has 4 heteroatoms. The number of ether oxygens (including phenoxy) is 1. The average molecular weight is 193 g/mol. The lowest BCUT2D eigenvalue weighted by molar-refractivity contribution is -0.139. The zero-order chi connectivity index (χ0) is 10.1. The molecule has 0 fully saturated rings. The van der Waals surface area contributed by atoms with Crippen molar-refractivity contribution in [1.82, 2.24) is 5.32 Å². The Kier molecular flexibility index (Phi) is 2.13. The molecule has 0 amide bonds. The molecule has 1 aromatic rings. The lowest BCUT2D eigenvalue weighted by atomic mass is 10.0. The highest BCUT2D eigenvalue weighted by molar-refractivity contribution is 5.78. The average Bonchev–Trinajstić information content (AvgIpc) is 2.60. The number of benzene rings is 1. The molecule has 1 unspecified atom stereocenters. The number of carbonyl (C=O) groups is 1. The van der Waals surface area contributed by atoms with E-state index in [0.717, 1.165) is 11.1 Å². The van der Waals surface area contributed by atoms with E-state index in [9.17, 15) is 4.79 Å². The van der Waals surface area contributed by atoms with Crippen molar-refractivity contribution >= 4 is 5.97 Å². The molecule has 2 rings (SSSR count). The molecule has 2 N–H and O–H groups in total. The van der Waals surface area contributed by atoms with E-state index in [1.54, 1.807) is 13.2 Å². The summed E-state index contributed by atoms with van der Waals surface area (Å²) in [5.41, 5.74) is 1.75. The Hall–Kier alpha value is -1.55. The smallest absolute Gasteiger partial charge is 0.325 e. The summed E-state index contributed by atoms with van der Waals surface area (Å²) in [6, 6.07) is 4.92. The van der Waals surface area contributed by atoms with Gasteiger partial charge in [-0.3, -0.25) is 10.1 Å². The van der Waals surface area contributed by atoms with Gasteiger partial charge in [0.15, 0.2) is 0 Å². The number of nitrogens with one attached hydrogen (secondary N) is 1. The van der Waals surface area contributed by atoms with Gasteiger partial charge in [-0.25, -0.2) is 0 Å². The van der Waals surface area contributed by atoms with Crippen LogP contribution in [0.3, 0.4) is 0 Å². The van der Waals surface area contributed by atoms with Gasteiger partial charge in [-0.2, -0.15) is 0 Å². The van der Waals surface area contributed by atoms with Gasteiger partial charge < -0.3 is 9.84 Å². The highest BCUT2D eigenvalue weighted by atomic mass is 16.5. The maximum absolute atomic E-state index is 10.9. The molecule has 14 heavy (non-hydrogen) atoms. The van der Waals surface area contributed by atoms with E-state index in [-0.39, 0.29) is 0 Å². The fourth-order valence-electron chi connectivity index (χ4n) is 1.77. The van der Waals surface area contributed by atoms with Crippen molar-refractivity contribution < 1.29 is 14.6 Å². The maximum Gasteiger partial charge on any atom is 0.325 e. The SMILES string of the molecule is COc1cccc2c1C(C(=O)O)NC2. The quantitative estimate of drug-likeness (QED) is 0.733. The van der Waals surface area contributed by atoms with Crippen LogP contribution in [0.1, 0.15) is 17.2 Å². The molecular weight excluding hydrogens is 182 g/mol. The minimum absolute atomic E-state index is 0.587. The molecule has 1 aliphatic rings. The molecule has 0 radical (unpaired) electrons. The van der Waals surface area contributed by atoms with Gasteiger partial charge >= 0.3 is 5.97 Å². The van der Waals surface area contributed by atoms with Gasteiger partial charge in [-0.05, 0) is 11.6 Å². The van der Waals surface area contributed by atoms with E-state index >= 15 is 0 Å². The Labute approximate surface area is 81.5 Å². The summed E-state index contributed by atoms with van der Waals surface area (Å²) in [6.07, 6.45) is 0. The third kappa shape index (κ3) is 1.24. The van der Waals surface area contributed by atoms with Crippen molar-refractivity contribution in [3.05, 3.63) is 29.3 Å². The predicted molar refractivity (Wildman–Crippen MR) is 50.2 cm³/mol. The van der Waals surface area contributed by atoms with E-state index in [0.29, 0.717) is 12.3 Å². The molecule has 0 saturated heterocycles. The third-order valence-corrected chi connectivity index (χ3v) is 2.41. The van der Waals surface area contributed by atoms with E-state index in [1.165, 1.54) is 0 Å². The van der Waals surface area contributed by atoms with Gasteiger partial charge in [0.2, 0.25) is 0 Å². The van der Waals surface area contributed by atoms with E-state index < -0.39 is 12.0 Å². The summed E-state index contributed by atoms with van der Waals surface area (Å²) in [5, 5.41) is 11.9. The molecule has 0 spiro atoms. The van der Waals surface area contributed by atoms with Gasteiger partial charge in [-0.15, -0.1) is 0 Å². The molecule has 74 valence electrons. The van der Waals surface area contributed by atoms with Crippen LogP contribution in [0.25, 0.3) is 0 Å². The van der Waals surface area contributed by atoms with Crippen LogP contribution in [0.4, 0.5) is 0 Å². The molecule has 1 aliphatic heterocycles. The normalized spacial score (nSPS) is 19.1. The summed E-state index contributed by atoms with van der Waals surface area (Å²) in [5.74, 6) is -0.229. The van der Waals surface area contributed by atoms with Gasteiger partial charge in [0.1, 0.15) is 11.8 Å². The number of hydrogen-bond donors (Lipinski definition) is 2. The molecular formula is C10H11NO3. The largest absolute Gasteiger partial charge is 0.496 e. The number of rotatable bonds is 2. The Morgan fingerprint density at radius 2 is 2.43 bits per heavy atom. The topological polar surface area (TPSA) is 58.6 Å². The first-order valence-corrected chi connectivity index (χ1v) is 4.36. The Morgan fingerprint density at radius 1 is 1.64 bits per heavy atom. The molecule has 1 heterocycles. The number of aliphatic carboxylic acids is 1. The monoisotopic (exact) mass is 193 g/mol. The zero-order valence-corrected chi connectivity index (χ0v) is 7.78. The number of carboxylic acid groups (broad SMARTS) is 1. The second kappa shape index (κ2) is 3.31. The van der Waals surface area contributed by atoms with Gasteiger partial charge in [0, 0.05) is 12.1 Å². The first-order chi connectivity index (χ1) is 6.74. The van der Waals surface area contributed by atoms with Crippen LogP contribution in [0.15, 0.2) is 18.2 Å². The summed E-state index contributed by atoms with van der Waals surface area (Å²) >= 11 is 0. The number of hydrogen-bond acceptors (Lipinski definition) is 3. The standard InChI is InChI=1S/C10H11NO3/c1-14-7-4-2-3-6-5-11-9(8(6)7)10(12)13/h2-4,9,11H,5H2,1H3,(H,12,13). The summed E-state index contributed by atoms with van der Waals surface area (Å²) in [4.78, 5) is 10.9. The van der Waals surface area contributed by atoms with Crippen molar-refractivity contribution in [2.75, 3.05) is 7.11 Å². The minimum atomic E-state index is -0.867. The fraction of sp³-hybridized carbons (Fsp3) is 0.300. The maximum atomic E-state index is 10.9. The Morgan fingerprint density at radius 3 is 3.07 bits per heavy atom. The molecule has 0 saturated carbocycles. The van der Waals surface area contributed by atoms with Crippen molar-refractivity contribution in [3.8, 4) is 5.75 Å². The van der Waals surface area contributed by atoms with Crippen molar-refractivity contribution in [2.45, 2.75) is 12.6 Å². The molecule has 0 bridgehead atoms. The predicted octanol–water partition coefficient (Wildman–Crippen LogP) is 0.924. The van der Waals surface area contributed by atoms with Gasteiger partial charge in [-0.1, -0.05) is 12.1 Å². The second-order valence-corrected chi connectivity index (χ2v) is 3.19. The summed E-state index contributed by atoms with van der Waals surface area (Å²) in [6.45, 7) is 0.587. The fourth-order valence-corrected chi connectivity index (χ4v) is 1.77. The van der Waals surface area contributed by atoms with Crippen LogP contribution in [0, 0.1) is 0 Å². The van der Waals surface area contributed by atoms with Crippen molar-refractivity contribution in [2.24, 2.45) is 0 Å². The number of fused-ring (bicyclic) bond motifs is 1. The summed E-state index contributed by atoms with van der Waals surface area (Å²) in [7, 11) is 1.55. The zero-order valence-electron chi connectivity index (χ0n) is 7.78. The first-order valence-electron chi connectivity index (χ1n) is 4.36. The van der Waals surface area contributed by atoms with Crippen LogP contribution in [-0.2, 0) is 11.3 Å². The van der Waals surface area contributed by atoms with Crippen molar-refractivity contribution in [3.63, 3.8) is 0 Å². The lowest BCUT2D eigenvalue weighted by Gasteiger charge is -2.10. The third-order valence-electron chi connectivity index (χ3n) is 2.41. The number of carboxylic acids is 1. The van der Waals surface area contributed by atoms with Gasteiger partial charge in [0.25, 0.3) is 0 Å². The van der Waals surface area contributed by atoms with Crippen LogP contribution in [0.5, 0.6) is 5.75 Å². The first kappa shape index (κ1) is 9.02. The number of methoxy groups -OCH3 is 1. The van der Waals surface area contributed by atoms with E-state index in [2.05, 4.69) is 5.32 Å². The molecule has 1 atom stereocenters. The van der Waals surface area contributed by atoms with Crippen molar-refractivity contribution in [1.29, 1.82) is 0 Å². The van der Waals surface area contributed by atoms with Crippen LogP contribution in [0.2, 0.25) is 0 Å². The second-order valence-electron chi connectivity index (χ2n) is 3.19. The van der Waals surface area contributed by atoms with Crippen LogP contribution in [-0.4, -0.2) is 18.2 Å². The lowest BCUT2D eigenvalue weighted by Crippen LogP contribution is -2.21. The van der Waals surface area contributed by atoms with E-state index in [4.69, 9.17) is 9.84 Å². The Bertz CT molecular complexity index is 376. The van der Waals surface area contributed by atoms with Crippen LogP contribution < -0.4 is 10.1 Å². The molecule has 0 aliphatic carbocycles. The highest BCUT2D eigenvalue weighted by Crippen LogP contribution is 2.33. The van der Waals surface area contributed by atoms with Gasteiger partial charge in [0.05, 0.1) is 7.11 Å². The molecule has 0 aromatic heterocycles. The minimum Gasteiger partial charge on any atom is -0.496 e.